The Balaban J connectivity index is 1.51. The number of likely N-dealkylation sites (N-methyl/N-ethyl adjacent to an activating group) is 1. The molecule has 1 aromatic carbocycles. The summed E-state index contributed by atoms with van der Waals surface area (Å²) in [6, 6.07) is 11.2. The zero-order valence-corrected chi connectivity index (χ0v) is 21.1. The van der Waals surface area contributed by atoms with Gasteiger partial charge in [0.25, 0.3) is 5.91 Å². The second kappa shape index (κ2) is 10.9. The van der Waals surface area contributed by atoms with Crippen molar-refractivity contribution in [3.05, 3.63) is 47.5 Å². The van der Waals surface area contributed by atoms with Gasteiger partial charge in [-0.15, -0.1) is 11.3 Å². The number of hydrogen-bond acceptors (Lipinski definition) is 6. The van der Waals surface area contributed by atoms with E-state index in [4.69, 9.17) is 9.47 Å². The van der Waals surface area contributed by atoms with Crippen LogP contribution < -0.4 is 15.0 Å². The van der Waals surface area contributed by atoms with Crippen LogP contribution in [0, 0.1) is 5.92 Å². The number of aromatic nitrogens is 1. The Morgan fingerprint density at radius 1 is 1.11 bits per heavy atom. The maximum absolute atomic E-state index is 13.4. The molecule has 35 heavy (non-hydrogen) atoms. The van der Waals surface area contributed by atoms with Gasteiger partial charge in [-0.1, -0.05) is 6.07 Å². The van der Waals surface area contributed by atoms with E-state index in [1.54, 1.807) is 27.9 Å². The lowest BCUT2D eigenvalue weighted by atomic mass is 9.86. The summed E-state index contributed by atoms with van der Waals surface area (Å²) in [4.78, 5) is 40.2. The number of nitrogens with zero attached hydrogens (tertiary/aromatic N) is 2. The van der Waals surface area contributed by atoms with Gasteiger partial charge in [-0.2, -0.15) is 0 Å². The second-order valence-electron chi connectivity index (χ2n) is 8.67. The first-order valence-electron chi connectivity index (χ1n) is 11.8. The summed E-state index contributed by atoms with van der Waals surface area (Å²) in [6.07, 6.45) is 2.83. The van der Waals surface area contributed by atoms with Crippen molar-refractivity contribution in [2.45, 2.75) is 45.2 Å². The molecule has 1 aliphatic rings. The Morgan fingerprint density at radius 3 is 2.57 bits per heavy atom. The largest absolute Gasteiger partial charge is 0.497 e. The van der Waals surface area contributed by atoms with Gasteiger partial charge in [-0.05, 0) is 62.3 Å². The predicted octanol–water partition coefficient (Wildman–Crippen LogP) is 4.23. The molecule has 2 heterocycles. The lowest BCUT2D eigenvalue weighted by Crippen LogP contribution is -2.40. The minimum Gasteiger partial charge on any atom is -0.497 e. The van der Waals surface area contributed by atoms with Crippen LogP contribution in [0.25, 0.3) is 10.2 Å². The fourth-order valence-corrected chi connectivity index (χ4v) is 5.56. The molecule has 1 saturated carbocycles. The van der Waals surface area contributed by atoms with Crippen LogP contribution >= 0.6 is 11.3 Å². The van der Waals surface area contributed by atoms with E-state index >= 15 is 0 Å². The van der Waals surface area contributed by atoms with Crippen molar-refractivity contribution in [2.24, 2.45) is 5.92 Å². The Morgan fingerprint density at radius 2 is 1.89 bits per heavy atom. The molecular weight excluding hydrogens is 466 g/mol. The molecule has 0 saturated heterocycles. The number of ether oxygens (including phenoxy) is 2. The molecule has 1 N–H and O–H groups in total. The number of esters is 1. The smallest absolute Gasteiger partial charge is 0.308 e. The highest BCUT2D eigenvalue weighted by atomic mass is 32.1. The first kappa shape index (κ1) is 24.8. The SMILES string of the molecule is CCN(C(=O)Cn1c(C(=O)N[C@H]2CC[C@H](C(=O)OC)CC2)cc2sccc21)c1cccc(OC)c1. The molecule has 0 bridgehead atoms. The number of carbonyl (C=O) groups excluding carboxylic acids is 3. The van der Waals surface area contributed by atoms with Crippen LogP contribution in [0.1, 0.15) is 43.1 Å². The number of amides is 2. The fraction of sp³-hybridized carbons (Fsp3) is 0.423. The lowest BCUT2D eigenvalue weighted by molar-refractivity contribution is -0.146. The zero-order valence-electron chi connectivity index (χ0n) is 20.3. The summed E-state index contributed by atoms with van der Waals surface area (Å²) < 4.78 is 12.9. The first-order valence-corrected chi connectivity index (χ1v) is 12.7. The maximum Gasteiger partial charge on any atom is 0.308 e. The number of carbonyl (C=O) groups is 3. The molecule has 0 unspecified atom stereocenters. The van der Waals surface area contributed by atoms with Crippen molar-refractivity contribution in [1.29, 1.82) is 0 Å². The summed E-state index contributed by atoms with van der Waals surface area (Å²) in [5.74, 6) is 0.0803. The molecule has 1 aliphatic carbocycles. The number of rotatable bonds is 8. The first-order chi connectivity index (χ1) is 16.9. The van der Waals surface area contributed by atoms with Crippen LogP contribution in [-0.2, 0) is 20.9 Å². The number of anilines is 1. The van der Waals surface area contributed by atoms with Gasteiger partial charge < -0.3 is 24.3 Å². The Kier molecular flexibility index (Phi) is 7.75. The molecule has 0 atom stereocenters. The molecule has 3 aromatic rings. The van der Waals surface area contributed by atoms with Crippen LogP contribution in [0.5, 0.6) is 5.75 Å². The molecular formula is C26H31N3O5S. The van der Waals surface area contributed by atoms with Gasteiger partial charge in [0, 0.05) is 24.3 Å². The number of benzene rings is 1. The summed E-state index contributed by atoms with van der Waals surface area (Å²) >= 11 is 1.54. The molecule has 2 amide bonds. The number of nitrogens with one attached hydrogen (secondary N) is 1. The fourth-order valence-electron chi connectivity index (χ4n) is 4.74. The summed E-state index contributed by atoms with van der Waals surface area (Å²) in [7, 11) is 3.00. The average Bonchev–Trinajstić information content (AvgIpc) is 3.47. The van der Waals surface area contributed by atoms with E-state index in [1.807, 2.05) is 48.7 Å². The van der Waals surface area contributed by atoms with Gasteiger partial charge >= 0.3 is 5.97 Å². The maximum atomic E-state index is 13.4. The minimum atomic E-state index is -0.202. The van der Waals surface area contributed by atoms with Gasteiger partial charge in [0.15, 0.2) is 0 Å². The average molecular weight is 498 g/mol. The minimum absolute atomic E-state index is 0.00980. The number of methoxy groups -OCH3 is 2. The third kappa shape index (κ3) is 5.35. The van der Waals surface area contributed by atoms with Gasteiger partial charge in [0.2, 0.25) is 5.91 Å². The lowest BCUT2D eigenvalue weighted by Gasteiger charge is -2.27. The van der Waals surface area contributed by atoms with Crippen molar-refractivity contribution in [2.75, 3.05) is 25.7 Å². The highest BCUT2D eigenvalue weighted by molar-refractivity contribution is 7.17. The number of hydrogen-bond donors (Lipinski definition) is 1. The standard InChI is InChI=1S/C26H31N3O5S/c1-4-28(19-6-5-7-20(14-19)33-2)24(30)16-29-21-12-13-35-23(21)15-22(29)25(31)27-18-10-8-17(9-11-18)26(32)34-3/h5-7,12-15,17-18H,4,8-11,16H2,1-3H3,(H,27,31)/t17-,18-. The number of thiophene rings is 1. The molecule has 1 fully saturated rings. The van der Waals surface area contributed by atoms with E-state index < -0.39 is 0 Å². The van der Waals surface area contributed by atoms with Crippen molar-refractivity contribution < 1.29 is 23.9 Å². The molecule has 0 spiro atoms. The molecule has 2 aromatic heterocycles. The molecule has 9 heteroatoms. The molecule has 186 valence electrons. The number of fused-ring (bicyclic) bond motifs is 1. The van der Waals surface area contributed by atoms with Crippen molar-refractivity contribution in [3.63, 3.8) is 0 Å². The van der Waals surface area contributed by atoms with Crippen LogP contribution in [0.2, 0.25) is 0 Å². The highest BCUT2D eigenvalue weighted by Gasteiger charge is 2.29. The Hall–Kier alpha value is -3.33. The summed E-state index contributed by atoms with van der Waals surface area (Å²) in [5.41, 5.74) is 2.08. The highest BCUT2D eigenvalue weighted by Crippen LogP contribution is 2.29. The Labute approximate surface area is 208 Å². The van der Waals surface area contributed by atoms with Crippen molar-refractivity contribution in [1.82, 2.24) is 9.88 Å². The summed E-state index contributed by atoms with van der Waals surface area (Å²) in [6.45, 7) is 2.46. The van der Waals surface area contributed by atoms with E-state index in [0.717, 1.165) is 28.7 Å². The van der Waals surface area contributed by atoms with Crippen LogP contribution in [0.15, 0.2) is 41.8 Å². The summed E-state index contributed by atoms with van der Waals surface area (Å²) in [5, 5.41) is 5.08. The van der Waals surface area contributed by atoms with Crippen LogP contribution in [0.4, 0.5) is 5.69 Å². The van der Waals surface area contributed by atoms with Gasteiger partial charge in [-0.25, -0.2) is 0 Å². The quantitative estimate of drug-likeness (QED) is 0.471. The van der Waals surface area contributed by atoms with E-state index in [9.17, 15) is 14.4 Å². The van der Waals surface area contributed by atoms with E-state index in [0.29, 0.717) is 30.8 Å². The topological polar surface area (TPSA) is 89.9 Å². The van der Waals surface area contributed by atoms with Crippen molar-refractivity contribution in [3.8, 4) is 5.75 Å². The van der Waals surface area contributed by atoms with Gasteiger partial charge in [-0.3, -0.25) is 14.4 Å². The van der Waals surface area contributed by atoms with Gasteiger partial charge in [0.05, 0.1) is 30.4 Å². The third-order valence-corrected chi connectivity index (χ3v) is 7.48. The van der Waals surface area contributed by atoms with E-state index in [1.165, 1.54) is 7.11 Å². The van der Waals surface area contributed by atoms with Gasteiger partial charge in [0.1, 0.15) is 18.0 Å². The monoisotopic (exact) mass is 497 g/mol. The second-order valence-corrected chi connectivity index (χ2v) is 9.62. The molecule has 4 rings (SSSR count). The molecule has 0 radical (unpaired) electrons. The zero-order chi connectivity index (χ0) is 24.9. The normalized spacial score (nSPS) is 17.7. The van der Waals surface area contributed by atoms with E-state index in [2.05, 4.69) is 5.32 Å². The van der Waals surface area contributed by atoms with Crippen LogP contribution in [-0.4, -0.2) is 49.2 Å². The Bertz CT molecular complexity index is 1210. The van der Waals surface area contributed by atoms with Crippen LogP contribution in [0.3, 0.4) is 0 Å². The van der Waals surface area contributed by atoms with Crippen molar-refractivity contribution >= 4 is 45.0 Å². The predicted molar refractivity (Wildman–Crippen MR) is 136 cm³/mol. The van der Waals surface area contributed by atoms with E-state index in [-0.39, 0.29) is 36.3 Å². The molecule has 0 aliphatic heterocycles. The third-order valence-electron chi connectivity index (χ3n) is 6.63. The molecule has 8 nitrogen and oxygen atoms in total.